The maximum atomic E-state index is 12.8. The number of nitrogens with zero attached hydrogens (tertiary/aromatic N) is 3. The van der Waals surface area contributed by atoms with E-state index in [0.717, 1.165) is 48.7 Å². The Labute approximate surface area is 168 Å². The number of carbonyl (C=O) groups excluding carboxylic acids is 1. The van der Waals surface area contributed by atoms with Gasteiger partial charge in [0.1, 0.15) is 0 Å². The number of carbonyl (C=O) groups is 1. The highest BCUT2D eigenvalue weighted by Gasteiger charge is 2.27. The van der Waals surface area contributed by atoms with Gasteiger partial charge in [-0.25, -0.2) is 4.98 Å². The molecule has 26 heavy (non-hydrogen) atoms. The quantitative estimate of drug-likeness (QED) is 0.719. The summed E-state index contributed by atoms with van der Waals surface area (Å²) in [6.07, 6.45) is 1.77. The minimum atomic E-state index is 0.0754. The van der Waals surface area contributed by atoms with Crippen LogP contribution in [0.1, 0.15) is 29.1 Å². The molecule has 3 rings (SSSR count). The topological polar surface area (TPSA) is 36.4 Å². The predicted octanol–water partition coefficient (Wildman–Crippen LogP) is 4.63. The van der Waals surface area contributed by atoms with Gasteiger partial charge in [0.15, 0.2) is 0 Å². The van der Waals surface area contributed by atoms with Crippen molar-refractivity contribution in [2.45, 2.75) is 32.9 Å². The van der Waals surface area contributed by atoms with Gasteiger partial charge in [-0.1, -0.05) is 35.3 Å². The van der Waals surface area contributed by atoms with Crippen molar-refractivity contribution in [3.63, 3.8) is 0 Å². The molecule has 7 heteroatoms. The summed E-state index contributed by atoms with van der Waals surface area (Å²) >= 11 is 14.0. The van der Waals surface area contributed by atoms with Crippen molar-refractivity contribution < 1.29 is 4.79 Å². The highest BCUT2D eigenvalue weighted by Crippen LogP contribution is 2.27. The SMILES string of the molecule is Cc1nc(CN2CCC(C(=O)N(C)Cc3cccc(Cl)c3Cl)CC2)cs1. The summed E-state index contributed by atoms with van der Waals surface area (Å²) in [7, 11) is 1.84. The van der Waals surface area contributed by atoms with E-state index in [2.05, 4.69) is 15.3 Å². The fourth-order valence-corrected chi connectivity index (χ4v) is 4.35. The zero-order valence-corrected chi connectivity index (χ0v) is 17.4. The number of benzene rings is 1. The maximum absolute atomic E-state index is 12.8. The highest BCUT2D eigenvalue weighted by molar-refractivity contribution is 7.09. The number of hydrogen-bond donors (Lipinski definition) is 0. The van der Waals surface area contributed by atoms with E-state index in [1.807, 2.05) is 26.1 Å². The molecule has 2 heterocycles. The molecule has 0 aliphatic carbocycles. The fourth-order valence-electron chi connectivity index (χ4n) is 3.36. The minimum Gasteiger partial charge on any atom is -0.341 e. The van der Waals surface area contributed by atoms with E-state index in [1.165, 1.54) is 0 Å². The Morgan fingerprint density at radius 2 is 2.08 bits per heavy atom. The van der Waals surface area contributed by atoms with Crippen molar-refractivity contribution in [3.05, 3.63) is 49.9 Å². The van der Waals surface area contributed by atoms with Gasteiger partial charge >= 0.3 is 0 Å². The van der Waals surface area contributed by atoms with Crippen molar-refractivity contribution in [1.82, 2.24) is 14.8 Å². The van der Waals surface area contributed by atoms with Gasteiger partial charge in [0, 0.05) is 31.4 Å². The lowest BCUT2D eigenvalue weighted by Gasteiger charge is -2.33. The van der Waals surface area contributed by atoms with Crippen LogP contribution in [-0.4, -0.2) is 40.8 Å². The normalized spacial score (nSPS) is 16.0. The lowest BCUT2D eigenvalue weighted by molar-refractivity contribution is -0.136. The molecule has 0 spiro atoms. The Morgan fingerprint density at radius 3 is 2.73 bits per heavy atom. The Morgan fingerprint density at radius 1 is 1.35 bits per heavy atom. The summed E-state index contributed by atoms with van der Waals surface area (Å²) in [5.41, 5.74) is 2.01. The number of piperidine rings is 1. The number of hydrogen-bond acceptors (Lipinski definition) is 4. The number of aromatic nitrogens is 1. The zero-order chi connectivity index (χ0) is 18.7. The number of rotatable bonds is 5. The van der Waals surface area contributed by atoms with Crippen LogP contribution in [0.2, 0.25) is 10.0 Å². The zero-order valence-electron chi connectivity index (χ0n) is 15.0. The van der Waals surface area contributed by atoms with E-state index in [1.54, 1.807) is 22.3 Å². The third-order valence-electron chi connectivity index (χ3n) is 4.80. The molecule has 1 amide bonds. The molecule has 0 bridgehead atoms. The summed E-state index contributed by atoms with van der Waals surface area (Å²) in [5.74, 6) is 0.261. The fraction of sp³-hybridized carbons (Fsp3) is 0.474. The number of aryl methyl sites for hydroxylation is 1. The predicted molar refractivity (Wildman–Crippen MR) is 108 cm³/mol. The Bertz CT molecular complexity index is 772. The van der Waals surface area contributed by atoms with Gasteiger partial charge < -0.3 is 4.90 Å². The van der Waals surface area contributed by atoms with Gasteiger partial charge in [0.2, 0.25) is 5.91 Å². The van der Waals surface area contributed by atoms with Crippen LogP contribution in [0.4, 0.5) is 0 Å². The van der Waals surface area contributed by atoms with E-state index in [9.17, 15) is 4.79 Å². The number of amides is 1. The smallest absolute Gasteiger partial charge is 0.225 e. The molecule has 4 nitrogen and oxygen atoms in total. The lowest BCUT2D eigenvalue weighted by Crippen LogP contribution is -2.40. The Hall–Kier alpha value is -1.14. The summed E-state index contributed by atoms with van der Waals surface area (Å²) in [6, 6.07) is 5.53. The van der Waals surface area contributed by atoms with Crippen LogP contribution in [0.5, 0.6) is 0 Å². The highest BCUT2D eigenvalue weighted by atomic mass is 35.5. The van der Waals surface area contributed by atoms with Crippen molar-refractivity contribution in [1.29, 1.82) is 0 Å². The summed E-state index contributed by atoms with van der Waals surface area (Å²) < 4.78 is 0. The molecule has 1 saturated heterocycles. The molecule has 2 aromatic rings. The van der Waals surface area contributed by atoms with Crippen LogP contribution in [0.25, 0.3) is 0 Å². The third-order valence-corrected chi connectivity index (χ3v) is 6.48. The molecule has 1 aromatic carbocycles. The van der Waals surface area contributed by atoms with E-state index in [-0.39, 0.29) is 11.8 Å². The standard InChI is InChI=1S/C19H23Cl2N3OS/c1-13-22-16(12-26-13)11-24-8-6-14(7-9-24)19(25)23(2)10-15-4-3-5-17(20)18(15)21/h3-5,12,14H,6-11H2,1-2H3. The Kier molecular flexibility index (Phi) is 6.56. The summed E-state index contributed by atoms with van der Waals surface area (Å²) in [4.78, 5) is 21.5. The molecule has 0 saturated carbocycles. The molecule has 140 valence electrons. The molecular weight excluding hydrogens is 389 g/mol. The second kappa shape index (κ2) is 8.70. The first-order chi connectivity index (χ1) is 12.4. The van der Waals surface area contributed by atoms with Gasteiger partial charge in [0.25, 0.3) is 0 Å². The monoisotopic (exact) mass is 411 g/mol. The van der Waals surface area contributed by atoms with Crippen molar-refractivity contribution in [2.75, 3.05) is 20.1 Å². The van der Waals surface area contributed by atoms with Crippen molar-refractivity contribution in [2.24, 2.45) is 5.92 Å². The lowest BCUT2D eigenvalue weighted by atomic mass is 9.95. The molecule has 0 atom stereocenters. The van der Waals surface area contributed by atoms with Crippen LogP contribution >= 0.6 is 34.5 Å². The van der Waals surface area contributed by atoms with Crippen molar-refractivity contribution >= 4 is 40.4 Å². The number of likely N-dealkylation sites (tertiary alicyclic amines) is 1. The van der Waals surface area contributed by atoms with E-state index in [4.69, 9.17) is 23.2 Å². The van der Waals surface area contributed by atoms with E-state index in [0.29, 0.717) is 16.6 Å². The number of halogens is 2. The second-order valence-electron chi connectivity index (χ2n) is 6.82. The average molecular weight is 412 g/mol. The van der Waals surface area contributed by atoms with Gasteiger partial charge in [-0.2, -0.15) is 0 Å². The first-order valence-electron chi connectivity index (χ1n) is 8.75. The molecule has 0 unspecified atom stereocenters. The third kappa shape index (κ3) is 4.77. The van der Waals surface area contributed by atoms with Crippen LogP contribution in [0.15, 0.2) is 23.6 Å². The maximum Gasteiger partial charge on any atom is 0.225 e. The minimum absolute atomic E-state index is 0.0754. The first kappa shape index (κ1) is 19.6. The number of thiazole rings is 1. The molecular formula is C19H23Cl2N3OS. The van der Waals surface area contributed by atoms with Crippen LogP contribution in [0.3, 0.4) is 0 Å². The van der Waals surface area contributed by atoms with Gasteiger partial charge in [-0.3, -0.25) is 9.69 Å². The van der Waals surface area contributed by atoms with Crippen LogP contribution in [-0.2, 0) is 17.9 Å². The summed E-state index contributed by atoms with van der Waals surface area (Å²) in [6.45, 7) is 5.24. The van der Waals surface area contributed by atoms with Gasteiger partial charge in [0.05, 0.1) is 20.7 Å². The molecule has 1 aliphatic rings. The van der Waals surface area contributed by atoms with Crippen molar-refractivity contribution in [3.8, 4) is 0 Å². The average Bonchev–Trinajstić information content (AvgIpc) is 3.04. The molecule has 1 fully saturated rings. The van der Waals surface area contributed by atoms with Crippen LogP contribution < -0.4 is 0 Å². The molecule has 1 aromatic heterocycles. The first-order valence-corrected chi connectivity index (χ1v) is 10.4. The van der Waals surface area contributed by atoms with E-state index < -0.39 is 0 Å². The molecule has 0 radical (unpaired) electrons. The van der Waals surface area contributed by atoms with Crippen LogP contribution in [0, 0.1) is 12.8 Å². The molecule has 0 N–H and O–H groups in total. The van der Waals surface area contributed by atoms with E-state index >= 15 is 0 Å². The summed E-state index contributed by atoms with van der Waals surface area (Å²) in [5, 5.41) is 4.28. The second-order valence-corrected chi connectivity index (χ2v) is 8.66. The van der Waals surface area contributed by atoms with Gasteiger partial charge in [-0.05, 0) is 44.5 Å². The molecule has 1 aliphatic heterocycles. The Balaban J connectivity index is 1.52. The largest absolute Gasteiger partial charge is 0.341 e. The van der Waals surface area contributed by atoms with Gasteiger partial charge in [-0.15, -0.1) is 11.3 Å².